The number of aliphatic hydroxyl groups excluding tert-OH is 2. The summed E-state index contributed by atoms with van der Waals surface area (Å²) in [4.78, 5) is 2.44. The molecule has 5 bridgehead atoms. The van der Waals surface area contributed by atoms with Crippen LogP contribution in [0.2, 0.25) is 0 Å². The van der Waals surface area contributed by atoms with Crippen LogP contribution in [0.15, 0.2) is 22.7 Å². The van der Waals surface area contributed by atoms with Crippen LogP contribution in [-0.2, 0) is 5.41 Å². The minimum absolute atomic E-state index is 0.164. The maximum atomic E-state index is 11.8. The molecule has 4 nitrogen and oxygen atoms in total. The van der Waals surface area contributed by atoms with Crippen LogP contribution in [0.3, 0.4) is 0 Å². The van der Waals surface area contributed by atoms with E-state index in [-0.39, 0.29) is 23.8 Å². The van der Waals surface area contributed by atoms with Crippen LogP contribution < -0.4 is 4.90 Å². The first-order valence-corrected chi connectivity index (χ1v) is 10.9. The van der Waals surface area contributed by atoms with Gasteiger partial charge in [-0.25, -0.2) is 0 Å². The van der Waals surface area contributed by atoms with Crippen LogP contribution >= 0.6 is 15.9 Å². The zero-order valence-corrected chi connectivity index (χ0v) is 17.2. The lowest BCUT2D eigenvalue weighted by molar-refractivity contribution is -1.02. The molecule has 140 valence electrons. The van der Waals surface area contributed by atoms with Crippen molar-refractivity contribution in [1.29, 1.82) is 0 Å². The number of nitrogens with zero attached hydrogens (tertiary/aromatic N) is 2. The summed E-state index contributed by atoms with van der Waals surface area (Å²) in [7, 11) is 4.50. The minimum atomic E-state index is -0.299. The lowest BCUT2D eigenvalue weighted by Gasteiger charge is -2.66. The van der Waals surface area contributed by atoms with Crippen molar-refractivity contribution in [3.8, 4) is 0 Å². The molecule has 5 aliphatic heterocycles. The zero-order chi connectivity index (χ0) is 18.2. The van der Waals surface area contributed by atoms with E-state index in [9.17, 15) is 10.2 Å². The first-order chi connectivity index (χ1) is 12.4. The normalized spacial score (nSPS) is 55.4. The Labute approximate surface area is 163 Å². The Morgan fingerprint density at radius 3 is 2.81 bits per heavy atom. The molecule has 5 fully saturated rings. The SMILES string of the molecule is CC[C@H]1C2C[C@H]3[C@@H]4N(C)c5ccc(Br)cc5C45C[C@@H](C2C5O)[N+]3(C)[C@@H]1O. The molecular weight excluding hydrogens is 392 g/mol. The maximum absolute atomic E-state index is 11.8. The van der Waals surface area contributed by atoms with E-state index in [0.717, 1.165) is 28.2 Å². The summed E-state index contributed by atoms with van der Waals surface area (Å²) < 4.78 is 1.87. The summed E-state index contributed by atoms with van der Waals surface area (Å²) in [6.45, 7) is 2.21. The molecular formula is C21H28BrN2O2+. The molecule has 1 saturated carbocycles. The van der Waals surface area contributed by atoms with Gasteiger partial charge in [-0.1, -0.05) is 22.9 Å². The van der Waals surface area contributed by atoms with Crippen molar-refractivity contribution in [2.45, 2.75) is 62.1 Å². The van der Waals surface area contributed by atoms with Crippen molar-refractivity contribution in [2.24, 2.45) is 17.8 Å². The molecule has 5 heteroatoms. The van der Waals surface area contributed by atoms with Crippen LogP contribution in [-0.4, -0.2) is 59.2 Å². The van der Waals surface area contributed by atoms with Crippen LogP contribution in [0.5, 0.6) is 0 Å². The predicted molar refractivity (Wildman–Crippen MR) is 104 cm³/mol. The number of piperidine rings is 4. The summed E-state index contributed by atoms with van der Waals surface area (Å²) >= 11 is 3.67. The smallest absolute Gasteiger partial charge is 0.193 e. The number of quaternary nitrogens is 1. The van der Waals surface area contributed by atoms with Gasteiger partial charge in [-0.3, -0.25) is 4.48 Å². The third-order valence-corrected chi connectivity index (χ3v) is 9.94. The van der Waals surface area contributed by atoms with E-state index < -0.39 is 0 Å². The highest BCUT2D eigenvalue weighted by molar-refractivity contribution is 9.10. The molecule has 0 amide bonds. The summed E-state index contributed by atoms with van der Waals surface area (Å²) in [6.07, 6.45) is 2.59. The van der Waals surface area contributed by atoms with Gasteiger partial charge in [0.15, 0.2) is 6.23 Å². The molecule has 0 aromatic heterocycles. The Hall–Kier alpha value is -0.620. The molecule has 1 spiro atoms. The molecule has 5 heterocycles. The molecule has 1 aromatic rings. The van der Waals surface area contributed by atoms with Gasteiger partial charge in [0, 0.05) is 41.9 Å². The summed E-state index contributed by atoms with van der Waals surface area (Å²) in [5.74, 6) is 1.12. The Balaban J connectivity index is 1.62. The van der Waals surface area contributed by atoms with E-state index in [4.69, 9.17) is 0 Å². The number of hydrogen-bond donors (Lipinski definition) is 2. The molecule has 10 atom stereocenters. The fourth-order valence-electron chi connectivity index (χ4n) is 8.60. The number of rotatable bonds is 1. The molecule has 4 saturated heterocycles. The Kier molecular flexibility index (Phi) is 2.94. The van der Waals surface area contributed by atoms with Gasteiger partial charge in [-0.2, -0.15) is 0 Å². The molecule has 0 radical (unpaired) electrons. The number of benzene rings is 1. The van der Waals surface area contributed by atoms with Gasteiger partial charge < -0.3 is 15.1 Å². The van der Waals surface area contributed by atoms with E-state index in [0.29, 0.717) is 29.8 Å². The number of halogens is 1. The monoisotopic (exact) mass is 419 g/mol. The van der Waals surface area contributed by atoms with E-state index in [1.54, 1.807) is 0 Å². The van der Waals surface area contributed by atoms with Gasteiger partial charge in [-0.15, -0.1) is 0 Å². The van der Waals surface area contributed by atoms with E-state index in [1.165, 1.54) is 11.3 Å². The van der Waals surface area contributed by atoms with Crippen molar-refractivity contribution in [2.75, 3.05) is 19.0 Å². The molecule has 1 aromatic carbocycles. The lowest BCUT2D eigenvalue weighted by Crippen LogP contribution is -2.81. The third-order valence-electron chi connectivity index (χ3n) is 9.44. The van der Waals surface area contributed by atoms with Gasteiger partial charge in [-0.05, 0) is 36.1 Å². The molecule has 6 aliphatic rings. The van der Waals surface area contributed by atoms with E-state index >= 15 is 0 Å². The predicted octanol–water partition coefficient (Wildman–Crippen LogP) is 2.46. The summed E-state index contributed by atoms with van der Waals surface area (Å²) in [5.41, 5.74) is 2.44. The number of likely N-dealkylation sites (N-methyl/N-ethyl adjacent to an activating group) is 2. The Morgan fingerprint density at radius 1 is 1.31 bits per heavy atom. The molecule has 7 rings (SSSR count). The van der Waals surface area contributed by atoms with E-state index in [1.807, 2.05) is 0 Å². The number of anilines is 1. The minimum Gasteiger partial charge on any atom is -0.392 e. The maximum Gasteiger partial charge on any atom is 0.193 e. The highest BCUT2D eigenvalue weighted by Gasteiger charge is 2.82. The highest BCUT2D eigenvalue weighted by atomic mass is 79.9. The van der Waals surface area contributed by atoms with Crippen molar-refractivity contribution >= 4 is 21.6 Å². The molecule has 26 heavy (non-hydrogen) atoms. The van der Waals surface area contributed by atoms with Gasteiger partial charge in [0.1, 0.15) is 6.04 Å². The number of aliphatic hydroxyl groups is 2. The molecule has 5 unspecified atom stereocenters. The Bertz CT molecular complexity index is 817. The van der Waals surface area contributed by atoms with Crippen molar-refractivity contribution in [3.63, 3.8) is 0 Å². The first-order valence-electron chi connectivity index (χ1n) is 10.1. The lowest BCUT2D eigenvalue weighted by atomic mass is 9.61. The second kappa shape index (κ2) is 4.68. The average molecular weight is 420 g/mol. The summed E-state index contributed by atoms with van der Waals surface area (Å²) in [6, 6.07) is 7.66. The zero-order valence-electron chi connectivity index (χ0n) is 15.6. The number of hydrogen-bond acceptors (Lipinski definition) is 3. The van der Waals surface area contributed by atoms with Crippen molar-refractivity contribution in [1.82, 2.24) is 0 Å². The Morgan fingerprint density at radius 2 is 2.08 bits per heavy atom. The van der Waals surface area contributed by atoms with Crippen LogP contribution in [0.4, 0.5) is 5.69 Å². The van der Waals surface area contributed by atoms with Gasteiger partial charge in [0.2, 0.25) is 0 Å². The topological polar surface area (TPSA) is 43.7 Å². The van der Waals surface area contributed by atoms with Gasteiger partial charge in [0.25, 0.3) is 0 Å². The van der Waals surface area contributed by atoms with Crippen molar-refractivity contribution in [3.05, 3.63) is 28.2 Å². The first kappa shape index (κ1) is 16.3. The fraction of sp³-hybridized carbons (Fsp3) is 0.714. The quantitative estimate of drug-likeness (QED) is 0.687. The van der Waals surface area contributed by atoms with Crippen LogP contribution in [0.1, 0.15) is 31.7 Å². The second-order valence-corrected chi connectivity index (χ2v) is 10.6. The fourth-order valence-corrected chi connectivity index (χ4v) is 8.96. The van der Waals surface area contributed by atoms with E-state index in [2.05, 4.69) is 60.0 Å². The number of fused-ring (bicyclic) bond motifs is 2. The van der Waals surface area contributed by atoms with Gasteiger partial charge in [0.05, 0.1) is 30.7 Å². The second-order valence-electron chi connectivity index (χ2n) is 9.73. The van der Waals surface area contributed by atoms with Crippen LogP contribution in [0.25, 0.3) is 0 Å². The largest absolute Gasteiger partial charge is 0.392 e. The van der Waals surface area contributed by atoms with Crippen molar-refractivity contribution < 1.29 is 14.7 Å². The highest BCUT2D eigenvalue weighted by Crippen LogP contribution is 2.71. The average Bonchev–Trinajstić information content (AvgIpc) is 2.98. The van der Waals surface area contributed by atoms with Crippen LogP contribution in [0, 0.1) is 17.8 Å². The molecule has 1 aliphatic carbocycles. The molecule has 2 N–H and O–H groups in total. The standard InChI is InChI=1S/C21H28BrN2O2/c1-4-11-12-8-15-18-21(13-7-10(22)5-6-14(13)23(18)2)9-16(17(12)19(21)25)24(15,3)20(11)26/h5-7,11-12,15-20,25-26H,4,8-9H2,1-3H3/q+1/t11-,12?,15-,16-,17?,18-,19?,20+,21?,24?/m0/s1. The third kappa shape index (κ3) is 1.40. The van der Waals surface area contributed by atoms with Gasteiger partial charge >= 0.3 is 0 Å². The summed E-state index contributed by atoms with van der Waals surface area (Å²) in [5, 5.41) is 23.2.